The lowest BCUT2D eigenvalue weighted by Gasteiger charge is -2.45. The maximum atomic E-state index is 14.3. The van der Waals surface area contributed by atoms with Crippen LogP contribution in [0.15, 0.2) is 24.3 Å². The van der Waals surface area contributed by atoms with Crippen LogP contribution in [0.5, 0.6) is 0 Å². The highest BCUT2D eigenvalue weighted by Gasteiger charge is 2.46. The maximum Gasteiger partial charge on any atom is 0.244 e. The summed E-state index contributed by atoms with van der Waals surface area (Å²) in [7, 11) is 5.56. The standard InChI is InChI=1S/C20H29FN4O2/c1-23(2)17(15-7-4-5-8-16(15)21)18(26)25-13-9-20(10-14-25)19(27)22-11-6-12-24(20)3/h4-5,7-8,17H,6,9-14H2,1-3H3,(H,22,27). The minimum atomic E-state index is -0.666. The Bertz CT molecular complexity index is 701. The van der Waals surface area contributed by atoms with Crippen LogP contribution < -0.4 is 5.32 Å². The van der Waals surface area contributed by atoms with E-state index in [-0.39, 0.29) is 17.6 Å². The number of piperidine rings is 1. The molecule has 0 aliphatic carbocycles. The summed E-state index contributed by atoms with van der Waals surface area (Å²) in [5, 5.41) is 3.01. The molecule has 2 heterocycles. The lowest BCUT2D eigenvalue weighted by molar-refractivity contribution is -0.144. The highest BCUT2D eigenvalue weighted by Crippen LogP contribution is 2.32. The molecule has 1 atom stereocenters. The highest BCUT2D eigenvalue weighted by molar-refractivity contribution is 5.88. The fourth-order valence-electron chi connectivity index (χ4n) is 4.28. The number of benzene rings is 1. The first-order chi connectivity index (χ1) is 12.9. The van der Waals surface area contributed by atoms with Gasteiger partial charge in [0.1, 0.15) is 17.4 Å². The van der Waals surface area contributed by atoms with Crippen molar-refractivity contribution >= 4 is 11.8 Å². The van der Waals surface area contributed by atoms with Gasteiger partial charge in [-0.05, 0) is 46.5 Å². The summed E-state index contributed by atoms with van der Waals surface area (Å²) < 4.78 is 14.3. The molecule has 27 heavy (non-hydrogen) atoms. The Balaban J connectivity index is 1.77. The van der Waals surface area contributed by atoms with Gasteiger partial charge in [-0.3, -0.25) is 19.4 Å². The largest absolute Gasteiger partial charge is 0.354 e. The maximum absolute atomic E-state index is 14.3. The van der Waals surface area contributed by atoms with Gasteiger partial charge in [0.2, 0.25) is 11.8 Å². The van der Waals surface area contributed by atoms with E-state index in [0.29, 0.717) is 38.0 Å². The number of carbonyl (C=O) groups excluding carboxylic acids is 2. The molecule has 3 rings (SSSR count). The third-order valence-electron chi connectivity index (χ3n) is 5.96. The smallest absolute Gasteiger partial charge is 0.244 e. The molecule has 2 amide bonds. The third kappa shape index (κ3) is 3.71. The highest BCUT2D eigenvalue weighted by atomic mass is 19.1. The minimum absolute atomic E-state index is 0.0628. The molecule has 1 aromatic rings. The molecule has 0 aromatic heterocycles. The van der Waals surface area contributed by atoms with Crippen molar-refractivity contribution in [3.05, 3.63) is 35.6 Å². The Kier molecular flexibility index (Phi) is 5.81. The topological polar surface area (TPSA) is 55.9 Å². The number of rotatable bonds is 3. The van der Waals surface area contributed by atoms with Crippen molar-refractivity contribution in [1.82, 2.24) is 20.0 Å². The molecule has 1 N–H and O–H groups in total. The Morgan fingerprint density at radius 1 is 1.22 bits per heavy atom. The fourth-order valence-corrected chi connectivity index (χ4v) is 4.28. The van der Waals surface area contributed by atoms with Crippen molar-refractivity contribution < 1.29 is 14.0 Å². The normalized spacial score (nSPS) is 21.8. The summed E-state index contributed by atoms with van der Waals surface area (Å²) in [4.78, 5) is 31.5. The number of hydrogen-bond acceptors (Lipinski definition) is 4. The number of hydrogen-bond donors (Lipinski definition) is 1. The zero-order chi connectivity index (χ0) is 19.6. The van der Waals surface area contributed by atoms with E-state index in [1.54, 1.807) is 42.1 Å². The molecule has 0 bridgehead atoms. The second-order valence-corrected chi connectivity index (χ2v) is 7.78. The van der Waals surface area contributed by atoms with E-state index in [9.17, 15) is 14.0 Å². The van der Waals surface area contributed by atoms with Gasteiger partial charge in [0.05, 0.1) is 0 Å². The molecule has 0 saturated carbocycles. The van der Waals surface area contributed by atoms with E-state index in [1.165, 1.54) is 6.07 Å². The van der Waals surface area contributed by atoms with Gasteiger partial charge in [0.25, 0.3) is 0 Å². The van der Waals surface area contributed by atoms with Crippen molar-refractivity contribution in [2.75, 3.05) is 47.3 Å². The molecule has 0 radical (unpaired) electrons. The Morgan fingerprint density at radius 3 is 2.52 bits per heavy atom. The van der Waals surface area contributed by atoms with Crippen LogP contribution in [0.1, 0.15) is 30.9 Å². The lowest BCUT2D eigenvalue weighted by Crippen LogP contribution is -2.61. The minimum Gasteiger partial charge on any atom is -0.354 e. The van der Waals surface area contributed by atoms with Gasteiger partial charge < -0.3 is 10.2 Å². The van der Waals surface area contributed by atoms with Crippen LogP contribution >= 0.6 is 0 Å². The Labute approximate surface area is 160 Å². The molecule has 2 aliphatic heterocycles. The molecule has 2 fully saturated rings. The molecular weight excluding hydrogens is 347 g/mol. The summed E-state index contributed by atoms with van der Waals surface area (Å²) in [5.41, 5.74) is -0.157. The second kappa shape index (κ2) is 7.94. The quantitative estimate of drug-likeness (QED) is 0.863. The van der Waals surface area contributed by atoms with E-state index >= 15 is 0 Å². The van der Waals surface area contributed by atoms with E-state index in [0.717, 1.165) is 13.0 Å². The number of likely N-dealkylation sites (tertiary alicyclic amines) is 1. The van der Waals surface area contributed by atoms with Crippen molar-refractivity contribution in [2.24, 2.45) is 0 Å². The number of carbonyl (C=O) groups is 2. The van der Waals surface area contributed by atoms with Crippen LogP contribution in [0, 0.1) is 5.82 Å². The summed E-state index contributed by atoms with van der Waals surface area (Å²) in [6.45, 7) is 2.55. The van der Waals surface area contributed by atoms with Crippen LogP contribution in [0.3, 0.4) is 0 Å². The molecule has 1 aromatic carbocycles. The molecule has 2 saturated heterocycles. The van der Waals surface area contributed by atoms with Crippen LogP contribution in [0.2, 0.25) is 0 Å². The van der Waals surface area contributed by atoms with Crippen LogP contribution in [0.25, 0.3) is 0 Å². The third-order valence-corrected chi connectivity index (χ3v) is 5.96. The van der Waals surface area contributed by atoms with Crippen LogP contribution in [0.4, 0.5) is 4.39 Å². The Hall–Kier alpha value is -1.99. The zero-order valence-electron chi connectivity index (χ0n) is 16.4. The molecule has 7 heteroatoms. The van der Waals surface area contributed by atoms with Crippen molar-refractivity contribution in [3.63, 3.8) is 0 Å². The summed E-state index contributed by atoms with van der Waals surface area (Å²) in [6.07, 6.45) is 2.12. The van der Waals surface area contributed by atoms with E-state index < -0.39 is 11.6 Å². The lowest BCUT2D eigenvalue weighted by atomic mass is 9.84. The van der Waals surface area contributed by atoms with Gasteiger partial charge in [-0.25, -0.2) is 4.39 Å². The summed E-state index contributed by atoms with van der Waals surface area (Å²) >= 11 is 0. The monoisotopic (exact) mass is 376 g/mol. The first kappa shape index (κ1) is 19.8. The molecule has 1 unspecified atom stereocenters. The van der Waals surface area contributed by atoms with E-state index in [4.69, 9.17) is 0 Å². The molecule has 1 spiro atoms. The second-order valence-electron chi connectivity index (χ2n) is 7.78. The predicted octanol–water partition coefficient (Wildman–Crippen LogP) is 1.24. The fraction of sp³-hybridized carbons (Fsp3) is 0.600. The number of halogens is 1. The van der Waals surface area contributed by atoms with Gasteiger partial charge in [-0.1, -0.05) is 18.2 Å². The average molecular weight is 376 g/mol. The summed E-state index contributed by atoms with van der Waals surface area (Å²) in [6, 6.07) is 5.76. The van der Waals surface area contributed by atoms with Crippen molar-refractivity contribution in [1.29, 1.82) is 0 Å². The van der Waals surface area contributed by atoms with E-state index in [1.807, 2.05) is 7.05 Å². The molecule has 2 aliphatic rings. The SMILES string of the molecule is CN(C)C(C(=O)N1CCC2(CC1)C(=O)NCCCN2C)c1ccccc1F. The zero-order valence-corrected chi connectivity index (χ0v) is 16.4. The molecule has 148 valence electrons. The first-order valence-corrected chi connectivity index (χ1v) is 9.56. The average Bonchev–Trinajstić information content (AvgIpc) is 2.78. The van der Waals surface area contributed by atoms with Gasteiger partial charge in [0.15, 0.2) is 0 Å². The van der Waals surface area contributed by atoms with E-state index in [2.05, 4.69) is 10.2 Å². The number of nitrogens with zero attached hydrogens (tertiary/aromatic N) is 3. The van der Waals surface area contributed by atoms with Crippen molar-refractivity contribution in [2.45, 2.75) is 30.8 Å². The Morgan fingerprint density at radius 2 is 1.89 bits per heavy atom. The van der Waals surface area contributed by atoms with Crippen LogP contribution in [-0.4, -0.2) is 79.4 Å². The van der Waals surface area contributed by atoms with Gasteiger partial charge in [0, 0.05) is 31.7 Å². The molecular formula is C20H29FN4O2. The predicted molar refractivity (Wildman–Crippen MR) is 102 cm³/mol. The van der Waals surface area contributed by atoms with Crippen LogP contribution in [-0.2, 0) is 9.59 Å². The van der Waals surface area contributed by atoms with Crippen molar-refractivity contribution in [3.8, 4) is 0 Å². The van der Waals surface area contributed by atoms with Gasteiger partial charge in [-0.2, -0.15) is 0 Å². The number of nitrogens with one attached hydrogen (secondary N) is 1. The molecule has 6 nitrogen and oxygen atoms in total. The number of likely N-dealkylation sites (N-methyl/N-ethyl adjacent to an activating group) is 2. The summed E-state index contributed by atoms with van der Waals surface area (Å²) in [5.74, 6) is -0.426. The first-order valence-electron chi connectivity index (χ1n) is 9.56. The van der Waals surface area contributed by atoms with Gasteiger partial charge in [-0.15, -0.1) is 0 Å². The number of amides is 2. The van der Waals surface area contributed by atoms with Gasteiger partial charge >= 0.3 is 0 Å².